The van der Waals surface area contributed by atoms with E-state index in [1.807, 2.05) is 4.68 Å². The van der Waals surface area contributed by atoms with Crippen LogP contribution in [-0.4, -0.2) is 49.2 Å². The van der Waals surface area contributed by atoms with E-state index in [4.69, 9.17) is 0 Å². The van der Waals surface area contributed by atoms with E-state index in [9.17, 15) is 9.59 Å². The summed E-state index contributed by atoms with van der Waals surface area (Å²) < 4.78 is 1.83. The molecule has 1 aliphatic heterocycles. The van der Waals surface area contributed by atoms with Crippen molar-refractivity contribution in [3.63, 3.8) is 0 Å². The van der Waals surface area contributed by atoms with Gasteiger partial charge in [0.1, 0.15) is 0 Å². The van der Waals surface area contributed by atoms with Crippen LogP contribution < -0.4 is 0 Å². The van der Waals surface area contributed by atoms with Gasteiger partial charge in [-0.25, -0.2) is 4.68 Å². The minimum Gasteiger partial charge on any atom is -0.282 e. The second kappa shape index (κ2) is 4.68. The molecule has 0 N–H and O–H groups in total. The maximum Gasteiger partial charge on any atom is 0.229 e. The van der Waals surface area contributed by atoms with Gasteiger partial charge in [-0.05, 0) is 23.3 Å². The Kier molecular flexibility index (Phi) is 3.02. The molecule has 2 aliphatic rings. The fourth-order valence-corrected chi connectivity index (χ4v) is 2.80. The molecule has 8 heteroatoms. The average molecular weight is 267 g/mol. The fourth-order valence-electron chi connectivity index (χ4n) is 1.93. The minimum atomic E-state index is -0.0672. The molecule has 2 amide bonds. The van der Waals surface area contributed by atoms with Gasteiger partial charge in [0.25, 0.3) is 0 Å². The minimum absolute atomic E-state index is 0.0672. The number of rotatable bonds is 5. The third-order valence-corrected chi connectivity index (χ3v) is 3.97. The fraction of sp³-hybridized carbons (Fsp3) is 0.700. The molecule has 7 nitrogen and oxygen atoms in total. The molecule has 96 valence electrons. The predicted octanol–water partition coefficient (Wildman–Crippen LogP) is 0.249. The highest BCUT2D eigenvalue weighted by atomic mass is 32.2. The summed E-state index contributed by atoms with van der Waals surface area (Å²) in [7, 11) is 0. The molecule has 1 aliphatic carbocycles. The summed E-state index contributed by atoms with van der Waals surface area (Å²) in [6, 6.07) is 0.442. The van der Waals surface area contributed by atoms with Gasteiger partial charge in [0, 0.05) is 25.1 Å². The van der Waals surface area contributed by atoms with E-state index in [2.05, 4.69) is 15.5 Å². The van der Waals surface area contributed by atoms with E-state index in [0.29, 0.717) is 31.2 Å². The number of aromatic nitrogens is 4. The van der Waals surface area contributed by atoms with Crippen LogP contribution in [0.1, 0.15) is 31.7 Å². The molecule has 2 heterocycles. The van der Waals surface area contributed by atoms with Gasteiger partial charge in [-0.1, -0.05) is 11.8 Å². The van der Waals surface area contributed by atoms with E-state index in [1.165, 1.54) is 16.7 Å². The lowest BCUT2D eigenvalue weighted by Crippen LogP contribution is -2.31. The molecule has 0 atom stereocenters. The lowest BCUT2D eigenvalue weighted by Gasteiger charge is -2.12. The zero-order valence-electron chi connectivity index (χ0n) is 9.78. The third-order valence-electron chi connectivity index (χ3n) is 3.06. The first-order valence-electron chi connectivity index (χ1n) is 5.99. The van der Waals surface area contributed by atoms with Crippen molar-refractivity contribution in [3.8, 4) is 0 Å². The zero-order chi connectivity index (χ0) is 12.5. The van der Waals surface area contributed by atoms with Crippen LogP contribution in [-0.2, 0) is 9.59 Å². The summed E-state index contributed by atoms with van der Waals surface area (Å²) in [4.78, 5) is 24.2. The molecule has 1 saturated heterocycles. The molecule has 18 heavy (non-hydrogen) atoms. The van der Waals surface area contributed by atoms with Gasteiger partial charge in [0.15, 0.2) is 0 Å². The number of carbonyl (C=O) groups excluding carboxylic acids is 2. The van der Waals surface area contributed by atoms with E-state index in [1.54, 1.807) is 0 Å². The number of hydrogen-bond donors (Lipinski definition) is 0. The van der Waals surface area contributed by atoms with Gasteiger partial charge in [0.05, 0.1) is 6.04 Å². The molecule has 1 saturated carbocycles. The maximum atomic E-state index is 11.4. The van der Waals surface area contributed by atoms with Gasteiger partial charge < -0.3 is 0 Å². The zero-order valence-corrected chi connectivity index (χ0v) is 10.6. The second-order valence-electron chi connectivity index (χ2n) is 4.42. The Morgan fingerprint density at radius 3 is 2.61 bits per heavy atom. The van der Waals surface area contributed by atoms with E-state index in [0.717, 1.165) is 18.0 Å². The smallest absolute Gasteiger partial charge is 0.229 e. The predicted molar refractivity (Wildman–Crippen MR) is 62.8 cm³/mol. The van der Waals surface area contributed by atoms with Crippen LogP contribution in [0.4, 0.5) is 0 Å². The molecule has 1 aromatic heterocycles. The van der Waals surface area contributed by atoms with Crippen LogP contribution in [0.25, 0.3) is 0 Å². The summed E-state index contributed by atoms with van der Waals surface area (Å²) in [6.07, 6.45) is 2.95. The number of nitrogens with zero attached hydrogens (tertiary/aromatic N) is 5. The normalized spacial score (nSPS) is 19.9. The quantitative estimate of drug-likeness (QED) is 0.562. The number of carbonyl (C=O) groups is 2. The van der Waals surface area contributed by atoms with Crippen LogP contribution in [0.5, 0.6) is 0 Å². The van der Waals surface area contributed by atoms with Crippen molar-refractivity contribution in [3.05, 3.63) is 0 Å². The lowest BCUT2D eigenvalue weighted by atomic mass is 10.4. The molecule has 3 rings (SSSR count). The van der Waals surface area contributed by atoms with E-state index >= 15 is 0 Å². The summed E-state index contributed by atoms with van der Waals surface area (Å²) in [5.41, 5.74) is 0. The highest BCUT2D eigenvalue weighted by Crippen LogP contribution is 2.36. The number of amides is 2. The Morgan fingerprint density at radius 2 is 1.94 bits per heavy atom. The second-order valence-corrected chi connectivity index (χ2v) is 5.49. The van der Waals surface area contributed by atoms with Crippen LogP contribution in [0.2, 0.25) is 0 Å². The first-order valence-corrected chi connectivity index (χ1v) is 6.98. The van der Waals surface area contributed by atoms with Gasteiger partial charge in [0.2, 0.25) is 17.0 Å². The first-order chi connectivity index (χ1) is 8.75. The highest BCUT2D eigenvalue weighted by molar-refractivity contribution is 7.99. The lowest BCUT2D eigenvalue weighted by molar-refractivity contribution is -0.137. The molecule has 0 aromatic carbocycles. The van der Waals surface area contributed by atoms with Gasteiger partial charge >= 0.3 is 0 Å². The van der Waals surface area contributed by atoms with Gasteiger partial charge in [-0.15, -0.1) is 5.10 Å². The molecule has 0 radical (unpaired) electrons. The standard InChI is InChI=1S/C10H13N5O2S/c16-8-3-4-9(17)14(8)5-6-18-10-11-12-13-15(10)7-1-2-7/h7H,1-6H2. The molecular weight excluding hydrogens is 254 g/mol. The third kappa shape index (κ3) is 2.24. The van der Waals surface area contributed by atoms with Crippen LogP contribution in [0.15, 0.2) is 5.16 Å². The van der Waals surface area contributed by atoms with Crippen molar-refractivity contribution in [2.45, 2.75) is 36.9 Å². The van der Waals surface area contributed by atoms with Crippen LogP contribution in [0.3, 0.4) is 0 Å². The Bertz CT molecular complexity index is 468. The SMILES string of the molecule is O=C1CCC(=O)N1CCSc1nnnn1C1CC1. The summed E-state index contributed by atoms with van der Waals surface area (Å²) in [5.74, 6) is 0.509. The van der Waals surface area contributed by atoms with Crippen molar-refractivity contribution in [1.82, 2.24) is 25.1 Å². The topological polar surface area (TPSA) is 81.0 Å². The maximum absolute atomic E-state index is 11.4. The monoisotopic (exact) mass is 267 g/mol. The van der Waals surface area contributed by atoms with E-state index < -0.39 is 0 Å². The van der Waals surface area contributed by atoms with Gasteiger partial charge in [-0.3, -0.25) is 14.5 Å². The Morgan fingerprint density at radius 1 is 1.22 bits per heavy atom. The van der Waals surface area contributed by atoms with Crippen molar-refractivity contribution in [1.29, 1.82) is 0 Å². The summed E-state index contributed by atoms with van der Waals surface area (Å²) in [6.45, 7) is 0.444. The Hall–Kier alpha value is -1.44. The Labute approximate surface area is 108 Å². The van der Waals surface area contributed by atoms with Crippen molar-refractivity contribution >= 4 is 23.6 Å². The summed E-state index contributed by atoms with van der Waals surface area (Å²) in [5, 5.41) is 12.3. The van der Waals surface area contributed by atoms with Crippen LogP contribution >= 0.6 is 11.8 Å². The van der Waals surface area contributed by atoms with Crippen LogP contribution in [0, 0.1) is 0 Å². The number of thioether (sulfide) groups is 1. The molecular formula is C10H13N5O2S. The molecule has 2 fully saturated rings. The number of likely N-dealkylation sites (tertiary alicyclic amines) is 1. The van der Waals surface area contributed by atoms with Gasteiger partial charge in [-0.2, -0.15) is 0 Å². The summed E-state index contributed by atoms with van der Waals surface area (Å²) >= 11 is 1.49. The number of imide groups is 1. The van der Waals surface area contributed by atoms with Crippen molar-refractivity contribution in [2.24, 2.45) is 0 Å². The Balaban J connectivity index is 1.53. The number of tetrazole rings is 1. The first kappa shape index (κ1) is 11.6. The van der Waals surface area contributed by atoms with E-state index in [-0.39, 0.29) is 11.8 Å². The average Bonchev–Trinajstić information content (AvgIpc) is 3.03. The van der Waals surface area contributed by atoms with Crippen molar-refractivity contribution in [2.75, 3.05) is 12.3 Å². The molecule has 0 unspecified atom stereocenters. The molecule has 1 aromatic rings. The number of hydrogen-bond acceptors (Lipinski definition) is 6. The molecule has 0 bridgehead atoms. The highest BCUT2D eigenvalue weighted by Gasteiger charge is 2.30. The van der Waals surface area contributed by atoms with Crippen molar-refractivity contribution < 1.29 is 9.59 Å². The molecule has 0 spiro atoms. The largest absolute Gasteiger partial charge is 0.282 e.